The third-order valence-electron chi connectivity index (χ3n) is 8.23. The van der Waals surface area contributed by atoms with Gasteiger partial charge in [0.25, 0.3) is 6.47 Å². The van der Waals surface area contributed by atoms with Gasteiger partial charge in [-0.1, -0.05) is 19.8 Å². The fourth-order valence-electron chi connectivity index (χ4n) is 7.18. The summed E-state index contributed by atoms with van der Waals surface area (Å²) in [6, 6.07) is 0. The molecule has 2 spiro atoms. The summed E-state index contributed by atoms with van der Waals surface area (Å²) in [5.41, 5.74) is -1.97. The molecule has 1 N–H and O–H groups in total. The van der Waals surface area contributed by atoms with Gasteiger partial charge in [0, 0.05) is 0 Å². The lowest BCUT2D eigenvalue weighted by molar-refractivity contribution is -0.180. The number of aliphatic carboxylic acids is 1. The smallest absolute Gasteiger partial charge is 0.338 e. The van der Waals surface area contributed by atoms with E-state index in [1.165, 1.54) is 0 Å². The molecule has 4 fully saturated rings. The first-order chi connectivity index (χ1) is 16.7. The van der Waals surface area contributed by atoms with E-state index in [9.17, 15) is 19.2 Å². The number of rotatable bonds is 11. The highest BCUT2D eigenvalue weighted by atomic mass is 16.7. The molecule has 11 nitrogen and oxygen atoms in total. The van der Waals surface area contributed by atoms with E-state index in [0.29, 0.717) is 19.3 Å². The predicted octanol–water partition coefficient (Wildman–Crippen LogP) is 1.45. The van der Waals surface area contributed by atoms with Gasteiger partial charge in [0.1, 0.15) is 12.7 Å². The molecule has 4 aliphatic rings. The number of unbranched alkanes of at least 4 members (excludes halogenated alkanes) is 1. The first kappa shape index (κ1) is 25.8. The van der Waals surface area contributed by atoms with Crippen LogP contribution in [0.5, 0.6) is 0 Å². The van der Waals surface area contributed by atoms with Crippen molar-refractivity contribution >= 4 is 24.4 Å². The van der Waals surface area contributed by atoms with Crippen molar-refractivity contribution in [3.05, 3.63) is 0 Å². The molecular weight excluding hydrogens is 464 g/mol. The van der Waals surface area contributed by atoms with Crippen molar-refractivity contribution in [3.63, 3.8) is 0 Å². The van der Waals surface area contributed by atoms with Crippen LogP contribution in [0, 0.1) is 22.7 Å². The van der Waals surface area contributed by atoms with E-state index in [1.807, 2.05) is 0 Å². The summed E-state index contributed by atoms with van der Waals surface area (Å²) in [6.07, 6.45) is -0.536. The van der Waals surface area contributed by atoms with Crippen LogP contribution in [-0.4, -0.2) is 80.0 Å². The lowest BCUT2D eigenvalue weighted by Gasteiger charge is -2.46. The molecule has 0 amide bonds. The molecule has 35 heavy (non-hydrogen) atoms. The zero-order valence-electron chi connectivity index (χ0n) is 20.3. The number of cyclic esters (lactones) is 1. The van der Waals surface area contributed by atoms with Crippen molar-refractivity contribution in [2.24, 2.45) is 22.7 Å². The van der Waals surface area contributed by atoms with Gasteiger partial charge in [-0.3, -0.25) is 9.59 Å². The minimum Gasteiger partial charge on any atom is -0.480 e. The van der Waals surface area contributed by atoms with Gasteiger partial charge in [0.2, 0.25) is 6.29 Å². The molecule has 0 aromatic heterocycles. The highest BCUT2D eigenvalue weighted by molar-refractivity contribution is 5.80. The van der Waals surface area contributed by atoms with E-state index in [1.54, 1.807) is 13.8 Å². The number of esters is 2. The minimum atomic E-state index is -1.11. The summed E-state index contributed by atoms with van der Waals surface area (Å²) >= 11 is 0. The molecule has 0 radical (unpaired) electrons. The molecule has 196 valence electrons. The average Bonchev–Trinajstić information content (AvgIpc) is 3.31. The molecule has 0 aromatic carbocycles. The maximum absolute atomic E-state index is 13.2. The molecule has 0 aromatic rings. The normalized spacial score (nSPS) is 41.9. The van der Waals surface area contributed by atoms with Gasteiger partial charge < -0.3 is 33.5 Å². The van der Waals surface area contributed by atoms with Crippen molar-refractivity contribution in [1.82, 2.24) is 0 Å². The predicted molar refractivity (Wildman–Crippen MR) is 116 cm³/mol. The Morgan fingerprint density at radius 3 is 2.66 bits per heavy atom. The Bertz CT molecular complexity index is 845. The minimum absolute atomic E-state index is 0.0313. The van der Waals surface area contributed by atoms with Gasteiger partial charge in [0.05, 0.1) is 42.2 Å². The number of ether oxygens (including phenoxy) is 6. The molecule has 3 saturated heterocycles. The fraction of sp³-hybridized carbons (Fsp3) is 0.833. The van der Waals surface area contributed by atoms with Crippen molar-refractivity contribution in [2.45, 2.75) is 83.6 Å². The molecule has 3 aliphatic heterocycles. The van der Waals surface area contributed by atoms with Gasteiger partial charge in [-0.15, -0.1) is 0 Å². The number of hydrogen-bond acceptors (Lipinski definition) is 10. The largest absolute Gasteiger partial charge is 0.480 e. The van der Waals surface area contributed by atoms with Crippen molar-refractivity contribution < 1.29 is 52.7 Å². The van der Waals surface area contributed by atoms with Gasteiger partial charge in [-0.2, -0.15) is 0 Å². The molecule has 3 heterocycles. The molecule has 0 bridgehead atoms. The Hall–Kier alpha value is -2.24. The lowest BCUT2D eigenvalue weighted by Crippen LogP contribution is -2.58. The monoisotopic (exact) mass is 498 g/mol. The van der Waals surface area contributed by atoms with E-state index in [0.717, 1.165) is 19.3 Å². The second-order valence-electron chi connectivity index (χ2n) is 10.0. The molecule has 1 aliphatic carbocycles. The Kier molecular flexibility index (Phi) is 7.40. The van der Waals surface area contributed by atoms with Gasteiger partial charge in [0.15, 0.2) is 6.10 Å². The number of carboxylic acid groups (broad SMARTS) is 1. The fourth-order valence-corrected chi connectivity index (χ4v) is 7.18. The van der Waals surface area contributed by atoms with Crippen LogP contribution in [0.1, 0.15) is 52.9 Å². The number of carbonyl (C=O) groups excluding carboxylic acids is 3. The Morgan fingerprint density at radius 1 is 1.20 bits per heavy atom. The first-order valence-corrected chi connectivity index (χ1v) is 12.3. The van der Waals surface area contributed by atoms with Crippen molar-refractivity contribution in [3.8, 4) is 0 Å². The van der Waals surface area contributed by atoms with Crippen LogP contribution in [0.3, 0.4) is 0 Å². The second kappa shape index (κ2) is 10.0. The van der Waals surface area contributed by atoms with Crippen molar-refractivity contribution in [2.75, 3.05) is 19.8 Å². The Labute approximate surface area is 203 Å². The van der Waals surface area contributed by atoms with Crippen molar-refractivity contribution in [1.29, 1.82) is 0 Å². The van der Waals surface area contributed by atoms with Crippen LogP contribution < -0.4 is 0 Å². The van der Waals surface area contributed by atoms with Crippen LogP contribution in [-0.2, 0) is 47.6 Å². The molecule has 3 unspecified atom stereocenters. The third kappa shape index (κ3) is 3.92. The van der Waals surface area contributed by atoms with Gasteiger partial charge in [-0.25, -0.2) is 9.59 Å². The van der Waals surface area contributed by atoms with E-state index in [2.05, 4.69) is 6.92 Å². The maximum atomic E-state index is 13.2. The van der Waals surface area contributed by atoms with Crippen LogP contribution >= 0.6 is 0 Å². The molecule has 9 atom stereocenters. The average molecular weight is 499 g/mol. The molecule has 1 saturated carbocycles. The van der Waals surface area contributed by atoms with Crippen LogP contribution in [0.25, 0.3) is 0 Å². The SMILES string of the molecule is CCCC[C@@H]1CC(OC=O)[C@@]23C[C@@H](C)OC(=O)C(C)[C@H]2O[C@H]2OC(=O)[C@@H](OCCOCC(=O)O)C123. The van der Waals surface area contributed by atoms with Crippen LogP contribution in [0.2, 0.25) is 0 Å². The third-order valence-corrected chi connectivity index (χ3v) is 8.23. The number of carboxylic acids is 1. The van der Waals surface area contributed by atoms with Crippen LogP contribution in [0.4, 0.5) is 0 Å². The number of hydrogen-bond donors (Lipinski definition) is 1. The maximum Gasteiger partial charge on any atom is 0.338 e. The quantitative estimate of drug-likeness (QED) is 0.191. The second-order valence-corrected chi connectivity index (χ2v) is 10.0. The van der Waals surface area contributed by atoms with E-state index in [-0.39, 0.29) is 19.1 Å². The summed E-state index contributed by atoms with van der Waals surface area (Å²) in [5.74, 6) is -2.93. The summed E-state index contributed by atoms with van der Waals surface area (Å²) in [4.78, 5) is 48.4. The highest BCUT2D eigenvalue weighted by Crippen LogP contribution is 2.74. The standard InChI is InChI=1S/C24H34O11/c1-4-5-6-15-9-16(32-12-25)23-10-13(2)33-20(28)14(3)18(23)34-22-24(15,23)19(21(29)35-22)31-8-7-30-11-17(26)27/h12-16,18-19,22H,4-11H2,1-3H3,(H,26,27)/t13-,14?,15-,16?,18-,19-,22+,23+,24?/m1/s1. The summed E-state index contributed by atoms with van der Waals surface area (Å²) < 4.78 is 34.6. The zero-order valence-corrected chi connectivity index (χ0v) is 20.3. The topological polar surface area (TPSA) is 144 Å². The molecular formula is C24H34O11. The Morgan fingerprint density at radius 2 is 1.97 bits per heavy atom. The first-order valence-electron chi connectivity index (χ1n) is 12.3. The van der Waals surface area contributed by atoms with E-state index in [4.69, 9.17) is 33.5 Å². The number of carbonyl (C=O) groups is 4. The summed E-state index contributed by atoms with van der Waals surface area (Å²) in [5, 5.41) is 8.80. The van der Waals surface area contributed by atoms with Gasteiger partial charge in [-0.05, 0) is 39.0 Å². The van der Waals surface area contributed by atoms with E-state index >= 15 is 0 Å². The van der Waals surface area contributed by atoms with E-state index < -0.39 is 72.0 Å². The highest BCUT2D eigenvalue weighted by Gasteiger charge is 2.85. The lowest BCUT2D eigenvalue weighted by atomic mass is 9.54. The molecule has 4 rings (SSSR count). The Balaban J connectivity index is 1.78. The van der Waals surface area contributed by atoms with Gasteiger partial charge >= 0.3 is 17.9 Å². The van der Waals surface area contributed by atoms with Crippen LogP contribution in [0.15, 0.2) is 0 Å². The zero-order chi connectivity index (χ0) is 25.4. The molecule has 11 heteroatoms. The summed E-state index contributed by atoms with van der Waals surface area (Å²) in [7, 11) is 0. The summed E-state index contributed by atoms with van der Waals surface area (Å²) in [6.45, 7) is 5.43.